The number of hydrogen-bond donors (Lipinski definition) is 0. The molecule has 2 aliphatic rings. The molecule has 2 aromatic rings. The van der Waals surface area contributed by atoms with Gasteiger partial charge in [-0.15, -0.1) is 0 Å². The minimum Gasteiger partial charge on any atom is -0.315 e. The Bertz CT molecular complexity index is 1030. The number of ketones is 1. The molecule has 0 radical (unpaired) electrons. The van der Waals surface area contributed by atoms with Gasteiger partial charge in [0.05, 0.1) is 35.4 Å². The third kappa shape index (κ3) is 3.21. The number of halogens is 4. The summed E-state index contributed by atoms with van der Waals surface area (Å²) in [5, 5.41) is 8.95. The molecule has 0 aliphatic carbocycles. The molecule has 1 aromatic carbocycles. The molecule has 1 aromatic heterocycles. The molecule has 3 heterocycles. The lowest BCUT2D eigenvalue weighted by Gasteiger charge is -2.25. The fraction of sp³-hybridized carbons (Fsp3) is 0.455. The monoisotopic (exact) mass is 419 g/mol. The molecule has 0 amide bonds. The molecular weight excluding hydrogens is 398 g/mol. The van der Waals surface area contributed by atoms with Crippen LogP contribution in [-0.2, 0) is 0 Å². The van der Waals surface area contributed by atoms with Crippen molar-refractivity contribution in [3.05, 3.63) is 52.6 Å². The van der Waals surface area contributed by atoms with Crippen LogP contribution in [0.1, 0.15) is 46.6 Å². The lowest BCUT2D eigenvalue weighted by atomic mass is 9.89. The molecule has 8 heteroatoms. The fourth-order valence-corrected chi connectivity index (χ4v) is 5.14. The first-order chi connectivity index (χ1) is 14.1. The summed E-state index contributed by atoms with van der Waals surface area (Å²) in [4.78, 5) is 14.6. The van der Waals surface area contributed by atoms with E-state index >= 15 is 4.39 Å². The highest BCUT2D eigenvalue weighted by molar-refractivity contribution is 5.99. The van der Waals surface area contributed by atoms with E-state index in [1.54, 1.807) is 47.6 Å². The van der Waals surface area contributed by atoms with E-state index in [1.807, 2.05) is 6.07 Å². The number of fused-ring (bicyclic) bond motifs is 2. The van der Waals surface area contributed by atoms with Crippen molar-refractivity contribution in [3.63, 3.8) is 0 Å². The summed E-state index contributed by atoms with van der Waals surface area (Å²) in [6.07, 6.45) is -3.22. The summed E-state index contributed by atoms with van der Waals surface area (Å²) in [5.74, 6) is -2.57. The number of nitrogens with zero attached hydrogens (tertiary/aromatic N) is 3. The zero-order valence-corrected chi connectivity index (χ0v) is 16.6. The van der Waals surface area contributed by atoms with Gasteiger partial charge in [0.25, 0.3) is 0 Å². The third-order valence-electron chi connectivity index (χ3n) is 6.53. The van der Waals surface area contributed by atoms with Gasteiger partial charge >= 0.3 is 6.18 Å². The maximum absolute atomic E-state index is 15.0. The Balaban J connectivity index is 1.62. The molecule has 0 saturated carbocycles. The molecule has 4 nitrogen and oxygen atoms in total. The van der Waals surface area contributed by atoms with Gasteiger partial charge < -0.3 is 4.57 Å². The predicted molar refractivity (Wildman–Crippen MR) is 102 cm³/mol. The summed E-state index contributed by atoms with van der Waals surface area (Å²) in [6.45, 7) is 2.96. The highest BCUT2D eigenvalue weighted by Crippen LogP contribution is 2.48. The first-order valence-electron chi connectivity index (χ1n) is 9.87. The lowest BCUT2D eigenvalue weighted by Crippen LogP contribution is -2.39. The molecule has 0 spiro atoms. The van der Waals surface area contributed by atoms with E-state index in [9.17, 15) is 18.0 Å². The van der Waals surface area contributed by atoms with Gasteiger partial charge in [0, 0.05) is 23.5 Å². The summed E-state index contributed by atoms with van der Waals surface area (Å²) < 4.78 is 56.5. The van der Waals surface area contributed by atoms with Crippen molar-refractivity contribution in [1.29, 1.82) is 5.26 Å². The van der Waals surface area contributed by atoms with E-state index in [4.69, 9.17) is 5.26 Å². The number of carbonyl (C=O) groups is 1. The number of carbonyl (C=O) groups excluding carboxylic acids is 1. The van der Waals surface area contributed by atoms with Crippen molar-refractivity contribution >= 4 is 5.78 Å². The SMILES string of the molecule is Cc1c(F)c(C(=O)CN2[C@H]3CC[C@@H]2[C@H](C(F)(F)F)C3)c(C)n1-c1ccc(C#N)cc1. The Labute approximate surface area is 171 Å². The van der Waals surface area contributed by atoms with Crippen molar-refractivity contribution in [2.75, 3.05) is 6.54 Å². The predicted octanol–water partition coefficient (Wildman–Crippen LogP) is 4.70. The van der Waals surface area contributed by atoms with Gasteiger partial charge in [-0.1, -0.05) is 0 Å². The lowest BCUT2D eigenvalue weighted by molar-refractivity contribution is -0.181. The van der Waals surface area contributed by atoms with Gasteiger partial charge in [-0.05, 0) is 57.4 Å². The van der Waals surface area contributed by atoms with Crippen molar-refractivity contribution in [2.24, 2.45) is 5.92 Å². The third-order valence-corrected chi connectivity index (χ3v) is 6.53. The van der Waals surface area contributed by atoms with Crippen LogP contribution in [0.2, 0.25) is 0 Å². The Hall–Kier alpha value is -2.66. The maximum Gasteiger partial charge on any atom is 0.393 e. The Morgan fingerprint density at radius 1 is 1.17 bits per heavy atom. The van der Waals surface area contributed by atoms with Crippen LogP contribution in [0.4, 0.5) is 17.6 Å². The Morgan fingerprint density at radius 2 is 1.83 bits per heavy atom. The van der Waals surface area contributed by atoms with Crippen molar-refractivity contribution in [1.82, 2.24) is 9.47 Å². The number of hydrogen-bond acceptors (Lipinski definition) is 3. The van der Waals surface area contributed by atoms with Crippen LogP contribution in [0.15, 0.2) is 24.3 Å². The zero-order chi connectivity index (χ0) is 21.8. The van der Waals surface area contributed by atoms with Gasteiger partial charge in [-0.2, -0.15) is 18.4 Å². The highest BCUT2D eigenvalue weighted by atomic mass is 19.4. The second-order valence-electron chi connectivity index (χ2n) is 8.13. The van der Waals surface area contributed by atoms with Gasteiger partial charge in [0.2, 0.25) is 0 Å². The maximum atomic E-state index is 15.0. The van der Waals surface area contributed by atoms with Gasteiger partial charge in [-0.25, -0.2) is 4.39 Å². The number of Topliss-reactive ketones (excluding diaryl/α,β-unsaturated/α-hetero) is 1. The second kappa shape index (κ2) is 7.24. The number of nitriles is 1. The number of aromatic nitrogens is 1. The van der Waals surface area contributed by atoms with Crippen LogP contribution in [0.25, 0.3) is 5.69 Å². The largest absolute Gasteiger partial charge is 0.393 e. The Morgan fingerprint density at radius 3 is 2.40 bits per heavy atom. The fourth-order valence-electron chi connectivity index (χ4n) is 5.14. The van der Waals surface area contributed by atoms with Crippen LogP contribution in [-0.4, -0.2) is 40.1 Å². The summed E-state index contributed by atoms with van der Waals surface area (Å²) in [6, 6.07) is 7.57. The van der Waals surface area contributed by atoms with Crippen LogP contribution in [0, 0.1) is 36.9 Å². The average molecular weight is 419 g/mol. The van der Waals surface area contributed by atoms with Crippen LogP contribution in [0.5, 0.6) is 0 Å². The molecule has 3 atom stereocenters. The zero-order valence-electron chi connectivity index (χ0n) is 16.6. The number of alkyl halides is 3. The normalized spacial score (nSPS) is 23.7. The van der Waals surface area contributed by atoms with Crippen molar-refractivity contribution < 1.29 is 22.4 Å². The smallest absolute Gasteiger partial charge is 0.315 e. The van der Waals surface area contributed by atoms with Crippen LogP contribution >= 0.6 is 0 Å². The van der Waals surface area contributed by atoms with Gasteiger partial charge in [0.1, 0.15) is 0 Å². The highest BCUT2D eigenvalue weighted by Gasteiger charge is 2.57. The standard InChI is InChI=1S/C22H21F4N3O/c1-12-20(21(23)13(2)29(12)15-5-3-14(10-27)4-6-15)19(30)11-28-16-7-8-18(28)17(9-16)22(24,25)26/h3-6,16-18H,7-9,11H2,1-2H3/t16-,17+,18+/m0/s1. The molecule has 2 bridgehead atoms. The molecule has 0 unspecified atom stereocenters. The van der Waals surface area contributed by atoms with E-state index in [0.29, 0.717) is 29.8 Å². The summed E-state index contributed by atoms with van der Waals surface area (Å²) >= 11 is 0. The number of rotatable bonds is 4. The molecule has 30 heavy (non-hydrogen) atoms. The van der Waals surface area contributed by atoms with Gasteiger partial charge in [-0.3, -0.25) is 9.69 Å². The molecule has 2 aliphatic heterocycles. The molecule has 0 N–H and O–H groups in total. The van der Waals surface area contributed by atoms with E-state index < -0.39 is 29.7 Å². The molecule has 4 rings (SSSR count). The molecule has 158 valence electrons. The molecular formula is C22H21F4N3O. The summed E-state index contributed by atoms with van der Waals surface area (Å²) in [5.41, 5.74) is 1.64. The van der Waals surface area contributed by atoms with E-state index in [-0.39, 0.29) is 30.3 Å². The van der Waals surface area contributed by atoms with Gasteiger partial charge in [0.15, 0.2) is 11.6 Å². The van der Waals surface area contributed by atoms with Crippen LogP contribution < -0.4 is 0 Å². The van der Waals surface area contributed by atoms with E-state index in [2.05, 4.69) is 0 Å². The first kappa shape index (κ1) is 20.6. The molecule has 2 fully saturated rings. The average Bonchev–Trinajstić information content (AvgIpc) is 3.31. The number of benzene rings is 1. The van der Waals surface area contributed by atoms with Crippen molar-refractivity contribution in [3.8, 4) is 11.8 Å². The van der Waals surface area contributed by atoms with E-state index in [1.165, 1.54) is 0 Å². The summed E-state index contributed by atoms with van der Waals surface area (Å²) in [7, 11) is 0. The Kier molecular flexibility index (Phi) is 4.97. The second-order valence-corrected chi connectivity index (χ2v) is 8.13. The van der Waals surface area contributed by atoms with Crippen molar-refractivity contribution in [2.45, 2.75) is 51.4 Å². The minimum atomic E-state index is -4.28. The van der Waals surface area contributed by atoms with E-state index in [0.717, 1.165) is 0 Å². The quantitative estimate of drug-likeness (QED) is 0.533. The topological polar surface area (TPSA) is 49.0 Å². The van der Waals surface area contributed by atoms with Crippen LogP contribution in [0.3, 0.4) is 0 Å². The molecule has 2 saturated heterocycles. The minimum absolute atomic E-state index is 0.00813. The first-order valence-corrected chi connectivity index (χ1v) is 9.87.